The van der Waals surface area contributed by atoms with Gasteiger partial charge in [0.1, 0.15) is 5.82 Å². The van der Waals surface area contributed by atoms with Crippen LogP contribution in [-0.4, -0.2) is 11.5 Å². The summed E-state index contributed by atoms with van der Waals surface area (Å²) in [5.41, 5.74) is 1.60. The molecule has 0 aliphatic carbocycles. The molecule has 1 heterocycles. The van der Waals surface area contributed by atoms with Crippen molar-refractivity contribution in [1.82, 2.24) is 10.3 Å². The van der Waals surface area contributed by atoms with E-state index < -0.39 is 0 Å². The van der Waals surface area contributed by atoms with E-state index in [0.717, 1.165) is 24.1 Å². The second kappa shape index (κ2) is 7.02. The standard InChI is InChI=1S/C15H15Cl2FN2/c1-2-5-20-15(10-6-12(18)9-19-8-10)13-4-3-11(16)7-14(13)17/h3-4,6-9,15,20H,2,5H2,1H3. The molecule has 0 aliphatic rings. The van der Waals surface area contributed by atoms with Crippen LogP contribution in [0.2, 0.25) is 10.0 Å². The quantitative estimate of drug-likeness (QED) is 0.871. The molecular weight excluding hydrogens is 298 g/mol. The Morgan fingerprint density at radius 1 is 1.25 bits per heavy atom. The van der Waals surface area contributed by atoms with Gasteiger partial charge in [0.2, 0.25) is 0 Å². The molecule has 20 heavy (non-hydrogen) atoms. The molecule has 0 saturated heterocycles. The largest absolute Gasteiger partial charge is 0.306 e. The van der Waals surface area contributed by atoms with Gasteiger partial charge in [-0.05, 0) is 42.3 Å². The minimum absolute atomic E-state index is 0.206. The molecule has 2 rings (SSSR count). The lowest BCUT2D eigenvalue weighted by atomic mass is 10.00. The van der Waals surface area contributed by atoms with Crippen molar-refractivity contribution in [2.24, 2.45) is 0 Å². The third-order valence-electron chi connectivity index (χ3n) is 2.93. The predicted octanol–water partition coefficient (Wildman–Crippen LogP) is 4.62. The van der Waals surface area contributed by atoms with Gasteiger partial charge in [-0.25, -0.2) is 4.39 Å². The first-order chi connectivity index (χ1) is 9.61. The molecular formula is C15H15Cl2FN2. The molecule has 0 amide bonds. The van der Waals surface area contributed by atoms with E-state index in [0.29, 0.717) is 10.0 Å². The van der Waals surface area contributed by atoms with Crippen LogP contribution in [0, 0.1) is 5.82 Å². The fourth-order valence-corrected chi connectivity index (χ4v) is 2.54. The Morgan fingerprint density at radius 2 is 2.05 bits per heavy atom. The van der Waals surface area contributed by atoms with Crippen molar-refractivity contribution in [2.45, 2.75) is 19.4 Å². The van der Waals surface area contributed by atoms with Crippen LogP contribution >= 0.6 is 23.2 Å². The molecule has 1 atom stereocenters. The molecule has 0 fully saturated rings. The van der Waals surface area contributed by atoms with Gasteiger partial charge in [-0.3, -0.25) is 4.98 Å². The summed E-state index contributed by atoms with van der Waals surface area (Å²) in [5, 5.41) is 4.48. The van der Waals surface area contributed by atoms with Crippen LogP contribution in [0.1, 0.15) is 30.5 Å². The molecule has 0 bridgehead atoms. The summed E-state index contributed by atoms with van der Waals surface area (Å²) in [6, 6.07) is 6.57. The zero-order valence-corrected chi connectivity index (χ0v) is 12.5. The van der Waals surface area contributed by atoms with Crippen molar-refractivity contribution in [3.05, 3.63) is 63.6 Å². The van der Waals surface area contributed by atoms with Crippen LogP contribution in [-0.2, 0) is 0 Å². The average molecular weight is 313 g/mol. The SMILES string of the molecule is CCCNC(c1cncc(F)c1)c1ccc(Cl)cc1Cl. The van der Waals surface area contributed by atoms with Crippen LogP contribution in [0.15, 0.2) is 36.7 Å². The Kier molecular flexibility index (Phi) is 5.35. The van der Waals surface area contributed by atoms with Crippen molar-refractivity contribution in [1.29, 1.82) is 0 Å². The van der Waals surface area contributed by atoms with Crippen LogP contribution in [0.5, 0.6) is 0 Å². The smallest absolute Gasteiger partial charge is 0.141 e. The van der Waals surface area contributed by atoms with Gasteiger partial charge in [0.05, 0.1) is 12.2 Å². The molecule has 5 heteroatoms. The maximum atomic E-state index is 13.4. The number of nitrogens with one attached hydrogen (secondary N) is 1. The number of nitrogens with zero attached hydrogens (tertiary/aromatic N) is 1. The molecule has 1 aromatic heterocycles. The number of halogens is 3. The predicted molar refractivity (Wildman–Crippen MR) is 80.8 cm³/mol. The fraction of sp³-hybridized carbons (Fsp3) is 0.267. The molecule has 0 saturated carbocycles. The molecule has 106 valence electrons. The van der Waals surface area contributed by atoms with E-state index in [1.807, 2.05) is 6.07 Å². The van der Waals surface area contributed by atoms with E-state index in [2.05, 4.69) is 17.2 Å². The zero-order chi connectivity index (χ0) is 14.5. The maximum Gasteiger partial charge on any atom is 0.141 e. The zero-order valence-electron chi connectivity index (χ0n) is 11.0. The van der Waals surface area contributed by atoms with E-state index >= 15 is 0 Å². The highest BCUT2D eigenvalue weighted by atomic mass is 35.5. The van der Waals surface area contributed by atoms with Crippen molar-refractivity contribution >= 4 is 23.2 Å². The third-order valence-corrected chi connectivity index (χ3v) is 3.49. The first-order valence-electron chi connectivity index (χ1n) is 6.40. The highest BCUT2D eigenvalue weighted by molar-refractivity contribution is 6.35. The highest BCUT2D eigenvalue weighted by Crippen LogP contribution is 2.30. The van der Waals surface area contributed by atoms with E-state index in [1.165, 1.54) is 12.3 Å². The Morgan fingerprint density at radius 3 is 2.70 bits per heavy atom. The van der Waals surface area contributed by atoms with Crippen molar-refractivity contribution in [3.63, 3.8) is 0 Å². The minimum Gasteiger partial charge on any atom is -0.306 e. The number of hydrogen-bond acceptors (Lipinski definition) is 2. The van der Waals surface area contributed by atoms with Gasteiger partial charge in [-0.15, -0.1) is 0 Å². The maximum absolute atomic E-state index is 13.4. The van der Waals surface area contributed by atoms with Crippen molar-refractivity contribution < 1.29 is 4.39 Å². The monoisotopic (exact) mass is 312 g/mol. The Hall–Kier alpha value is -1.16. The van der Waals surface area contributed by atoms with E-state index in [1.54, 1.807) is 18.3 Å². The molecule has 0 aliphatic heterocycles. The van der Waals surface area contributed by atoms with E-state index in [9.17, 15) is 4.39 Å². The van der Waals surface area contributed by atoms with Gasteiger partial charge in [0.15, 0.2) is 0 Å². The summed E-state index contributed by atoms with van der Waals surface area (Å²) in [7, 11) is 0. The molecule has 1 aromatic carbocycles. The second-order valence-electron chi connectivity index (χ2n) is 4.49. The molecule has 2 nitrogen and oxygen atoms in total. The normalized spacial score (nSPS) is 12.4. The number of rotatable bonds is 5. The van der Waals surface area contributed by atoms with Crippen LogP contribution in [0.25, 0.3) is 0 Å². The summed E-state index contributed by atoms with van der Waals surface area (Å²) in [6.45, 7) is 2.86. The molecule has 0 radical (unpaired) electrons. The summed E-state index contributed by atoms with van der Waals surface area (Å²) < 4.78 is 13.4. The lowest BCUT2D eigenvalue weighted by Crippen LogP contribution is -2.23. The van der Waals surface area contributed by atoms with Gasteiger partial charge in [0.25, 0.3) is 0 Å². The number of hydrogen-bond donors (Lipinski definition) is 1. The molecule has 1 unspecified atom stereocenters. The Bertz CT molecular complexity index is 590. The van der Waals surface area contributed by atoms with Crippen LogP contribution in [0.4, 0.5) is 4.39 Å². The number of benzene rings is 1. The van der Waals surface area contributed by atoms with Gasteiger partial charge in [0, 0.05) is 16.2 Å². The van der Waals surface area contributed by atoms with E-state index in [-0.39, 0.29) is 11.9 Å². The Balaban J connectivity index is 2.41. The van der Waals surface area contributed by atoms with Gasteiger partial charge < -0.3 is 5.32 Å². The Labute approximate surface area is 127 Å². The van der Waals surface area contributed by atoms with E-state index in [4.69, 9.17) is 23.2 Å². The first kappa shape index (κ1) is 15.2. The highest BCUT2D eigenvalue weighted by Gasteiger charge is 2.17. The van der Waals surface area contributed by atoms with Gasteiger partial charge in [-0.1, -0.05) is 36.2 Å². The van der Waals surface area contributed by atoms with Crippen molar-refractivity contribution in [2.75, 3.05) is 6.54 Å². The summed E-state index contributed by atoms with van der Waals surface area (Å²) in [4.78, 5) is 3.90. The lowest BCUT2D eigenvalue weighted by Gasteiger charge is -2.20. The third kappa shape index (κ3) is 3.69. The first-order valence-corrected chi connectivity index (χ1v) is 7.16. The number of pyridine rings is 1. The molecule has 0 spiro atoms. The summed E-state index contributed by atoms with van der Waals surface area (Å²) in [6.07, 6.45) is 3.79. The molecule has 2 aromatic rings. The van der Waals surface area contributed by atoms with Crippen LogP contribution in [0.3, 0.4) is 0 Å². The second-order valence-corrected chi connectivity index (χ2v) is 5.33. The lowest BCUT2D eigenvalue weighted by molar-refractivity contribution is 0.580. The number of aromatic nitrogens is 1. The van der Waals surface area contributed by atoms with Crippen LogP contribution < -0.4 is 5.32 Å². The minimum atomic E-state index is -0.365. The summed E-state index contributed by atoms with van der Waals surface area (Å²) >= 11 is 12.2. The summed E-state index contributed by atoms with van der Waals surface area (Å²) in [5.74, 6) is -0.365. The van der Waals surface area contributed by atoms with Crippen molar-refractivity contribution in [3.8, 4) is 0 Å². The topological polar surface area (TPSA) is 24.9 Å². The van der Waals surface area contributed by atoms with Gasteiger partial charge in [-0.2, -0.15) is 0 Å². The molecule has 1 N–H and O–H groups in total. The fourth-order valence-electron chi connectivity index (χ4n) is 2.02. The average Bonchev–Trinajstić information content (AvgIpc) is 2.41. The van der Waals surface area contributed by atoms with Gasteiger partial charge >= 0.3 is 0 Å².